The van der Waals surface area contributed by atoms with Gasteiger partial charge in [0, 0.05) is 38.3 Å². The van der Waals surface area contributed by atoms with Crippen molar-refractivity contribution < 1.29 is 26.5 Å². The molecule has 0 radical (unpaired) electrons. The lowest BCUT2D eigenvalue weighted by atomic mass is 9.80. The van der Waals surface area contributed by atoms with Gasteiger partial charge in [0.05, 0.1) is 19.1 Å². The summed E-state index contributed by atoms with van der Waals surface area (Å²) in [5, 5.41) is 1.32. The number of nitrogens with zero attached hydrogens (tertiary/aromatic N) is 2. The number of aromatic nitrogens is 3. The number of halogens is 3. The van der Waals surface area contributed by atoms with Crippen LogP contribution in [-0.4, -0.2) is 22.9 Å². The maximum absolute atomic E-state index is 13.1. The van der Waals surface area contributed by atoms with Crippen molar-refractivity contribution in [1.29, 1.82) is 0 Å². The molecule has 0 spiro atoms. The first-order valence-corrected chi connectivity index (χ1v) is 15.6. The molecule has 1 aliphatic carbocycles. The second-order valence-electron chi connectivity index (χ2n) is 10.6. The van der Waals surface area contributed by atoms with Gasteiger partial charge in [-0.05, 0) is 75.6 Å². The smallest absolute Gasteiger partial charge is 0.402 e. The van der Waals surface area contributed by atoms with E-state index in [9.17, 15) is 4.79 Å². The molecule has 0 saturated heterocycles. The molecule has 39 heavy (non-hydrogen) atoms. The molecule has 0 aliphatic heterocycles. The molecule has 2 aromatic heterocycles. The van der Waals surface area contributed by atoms with Crippen molar-refractivity contribution in [1.82, 2.24) is 9.97 Å². The number of ether oxygens (including phenoxy) is 1. The fourth-order valence-electron chi connectivity index (χ4n) is 5.34. The van der Waals surface area contributed by atoms with E-state index in [2.05, 4.69) is 28.6 Å². The van der Waals surface area contributed by atoms with Crippen LogP contribution in [0.4, 0.5) is 0 Å². The van der Waals surface area contributed by atoms with Crippen LogP contribution in [0.2, 0.25) is 10.0 Å². The summed E-state index contributed by atoms with van der Waals surface area (Å²) >= 11 is 12.4. The third kappa shape index (κ3) is 5.29. The molecule has 1 aliphatic rings. The Hall–Kier alpha value is -1.90. The summed E-state index contributed by atoms with van der Waals surface area (Å²) in [6.45, 7) is 10.1. The van der Waals surface area contributed by atoms with E-state index in [1.54, 1.807) is 34.8 Å². The van der Waals surface area contributed by atoms with Gasteiger partial charge in [0.25, 0.3) is 0 Å². The largest absolute Gasteiger partial charge is 1.00 e. The van der Waals surface area contributed by atoms with Crippen molar-refractivity contribution in [3.8, 4) is 11.7 Å². The Morgan fingerprint density at radius 3 is 2.33 bits per heavy atom. The molecule has 0 atom stereocenters. The molecule has 10 heteroatoms. The van der Waals surface area contributed by atoms with Gasteiger partial charge < -0.3 is 17.1 Å². The number of carbonyl (C=O) groups excluding carboxylic acids is 1. The number of aromatic amines is 1. The lowest BCUT2D eigenvalue weighted by Crippen LogP contribution is -3.00. The van der Waals surface area contributed by atoms with E-state index in [-0.39, 0.29) is 18.2 Å². The lowest BCUT2D eigenvalue weighted by Gasteiger charge is -2.21. The molecule has 5 nitrogen and oxygen atoms in total. The molecule has 4 aromatic rings. The topological polar surface area (TPSA) is 58.9 Å². The van der Waals surface area contributed by atoms with Crippen LogP contribution in [0.3, 0.4) is 0 Å². The number of H-pyrrole nitrogens is 1. The minimum Gasteiger partial charge on any atom is -1.00 e. The van der Waals surface area contributed by atoms with Gasteiger partial charge in [-0.2, -0.15) is 0 Å². The average molecular weight is 623 g/mol. The summed E-state index contributed by atoms with van der Waals surface area (Å²) in [4.78, 5) is 21.6. The van der Waals surface area contributed by atoms with E-state index in [1.165, 1.54) is 0 Å². The van der Waals surface area contributed by atoms with Crippen LogP contribution in [0.25, 0.3) is 17.0 Å². The van der Waals surface area contributed by atoms with Crippen LogP contribution in [0.15, 0.2) is 42.6 Å². The monoisotopic (exact) mass is 621 g/mol. The molecule has 0 fully saturated rings. The molecule has 2 aromatic carbocycles. The Morgan fingerprint density at radius 2 is 1.67 bits per heavy atom. The highest BCUT2D eigenvalue weighted by molar-refractivity contribution is 8.76. The van der Waals surface area contributed by atoms with Crippen molar-refractivity contribution in [2.75, 3.05) is 7.11 Å². The number of rotatable bonds is 7. The number of fused-ring (bicyclic) bond motifs is 2. The Balaban J connectivity index is 0.00000353. The SMILES string of the molecule is COc1cc[n+](-c2nc3cc4c(cc3[nH]2)C(C)(C)C(=O)C4(C)C)c(CSSCc2ccc(Cl)cc2Cl)c1C.[Cl-]. The van der Waals surface area contributed by atoms with Crippen molar-refractivity contribution in [3.63, 3.8) is 0 Å². The molecule has 206 valence electrons. The number of hydrogen-bond donors (Lipinski definition) is 1. The Bertz CT molecular complexity index is 1530. The molecule has 0 bridgehead atoms. The maximum atomic E-state index is 13.1. The Morgan fingerprint density at radius 1 is 1.00 bits per heavy atom. The number of nitrogens with one attached hydrogen (secondary N) is 1. The summed E-state index contributed by atoms with van der Waals surface area (Å²) in [6, 6.07) is 11.8. The zero-order valence-electron chi connectivity index (χ0n) is 22.6. The van der Waals surface area contributed by atoms with Gasteiger partial charge in [-0.1, -0.05) is 55.8 Å². The number of pyridine rings is 1. The highest BCUT2D eigenvalue weighted by Crippen LogP contribution is 2.47. The van der Waals surface area contributed by atoms with E-state index in [0.717, 1.165) is 62.2 Å². The number of imidazole rings is 1. The van der Waals surface area contributed by atoms with Gasteiger partial charge in [0.15, 0.2) is 11.3 Å². The highest BCUT2D eigenvalue weighted by atomic mass is 35.5. The third-order valence-corrected chi connectivity index (χ3v) is 10.3. The summed E-state index contributed by atoms with van der Waals surface area (Å²) in [6.07, 6.45) is 1.99. The zero-order chi connectivity index (χ0) is 27.4. The van der Waals surface area contributed by atoms with E-state index in [1.807, 2.05) is 52.1 Å². The second kappa shape index (κ2) is 11.2. The van der Waals surface area contributed by atoms with Crippen molar-refractivity contribution in [2.24, 2.45) is 0 Å². The standard InChI is InChI=1S/C29H30Cl2N3O2S2.ClH/c1-16-24(15-38-37-14-17-7-8-18(30)11-21(17)31)34(10-9-25(16)36-6)27-32-22-12-19-20(13-23(22)33-27)29(4,5)26(35)28(19,2)3;/h7-13H,14-15H2,1-6H3,(H,32,33);1H/q+1;/p-1. The van der Waals surface area contributed by atoms with Gasteiger partial charge >= 0.3 is 5.95 Å². The molecular weight excluding hydrogens is 593 g/mol. The number of benzene rings is 2. The fourth-order valence-corrected chi connectivity index (χ4v) is 8.12. The molecule has 5 rings (SSSR count). The number of carbonyl (C=O) groups is 1. The first-order valence-electron chi connectivity index (χ1n) is 12.3. The predicted octanol–water partition coefficient (Wildman–Crippen LogP) is 4.69. The van der Waals surface area contributed by atoms with Crippen LogP contribution in [0.5, 0.6) is 5.75 Å². The van der Waals surface area contributed by atoms with Crippen molar-refractivity contribution in [3.05, 3.63) is 80.6 Å². The Kier molecular flexibility index (Phi) is 8.61. The van der Waals surface area contributed by atoms with Crippen LogP contribution < -0.4 is 21.7 Å². The van der Waals surface area contributed by atoms with Gasteiger partial charge in [-0.3, -0.25) is 4.79 Å². The minimum absolute atomic E-state index is 0. The molecular formula is C29H30Cl3N3O2S2. The summed E-state index contributed by atoms with van der Waals surface area (Å²) in [5.74, 6) is 3.31. The van der Waals surface area contributed by atoms with E-state index in [0.29, 0.717) is 10.0 Å². The van der Waals surface area contributed by atoms with Gasteiger partial charge in [0.1, 0.15) is 17.0 Å². The fraction of sp³-hybridized carbons (Fsp3) is 0.345. The summed E-state index contributed by atoms with van der Waals surface area (Å²) in [5.41, 5.74) is 6.03. The number of methoxy groups -OCH3 is 1. The summed E-state index contributed by atoms with van der Waals surface area (Å²) in [7, 11) is 5.18. The van der Waals surface area contributed by atoms with E-state index < -0.39 is 10.8 Å². The van der Waals surface area contributed by atoms with Crippen LogP contribution in [0.1, 0.15) is 55.6 Å². The first kappa shape index (κ1) is 30.1. The molecule has 0 amide bonds. The minimum atomic E-state index is -0.540. The van der Waals surface area contributed by atoms with Gasteiger partial charge in [0.2, 0.25) is 0 Å². The lowest BCUT2D eigenvalue weighted by molar-refractivity contribution is -0.610. The molecule has 2 heterocycles. The number of Topliss-reactive ketones (excluding diaryl/α,β-unsaturated/α-hetero) is 1. The summed E-state index contributed by atoms with van der Waals surface area (Å²) < 4.78 is 7.72. The number of hydrogen-bond acceptors (Lipinski definition) is 5. The van der Waals surface area contributed by atoms with Crippen LogP contribution in [0, 0.1) is 6.92 Å². The highest BCUT2D eigenvalue weighted by Gasteiger charge is 2.50. The van der Waals surface area contributed by atoms with E-state index >= 15 is 0 Å². The second-order valence-corrected chi connectivity index (χ2v) is 13.9. The number of ketones is 1. The Labute approximate surface area is 253 Å². The van der Waals surface area contributed by atoms with Crippen LogP contribution in [-0.2, 0) is 27.1 Å². The average Bonchev–Trinajstić information content (AvgIpc) is 3.34. The molecule has 1 N–H and O–H groups in total. The first-order chi connectivity index (χ1) is 17.9. The third-order valence-electron chi connectivity index (χ3n) is 7.52. The van der Waals surface area contributed by atoms with E-state index in [4.69, 9.17) is 32.9 Å². The van der Waals surface area contributed by atoms with Crippen molar-refractivity contribution >= 4 is 61.6 Å². The maximum Gasteiger partial charge on any atom is 0.402 e. The normalized spacial score (nSPS) is 15.3. The van der Waals surface area contributed by atoms with Gasteiger partial charge in [-0.15, -0.1) is 0 Å². The molecule has 0 unspecified atom stereocenters. The van der Waals surface area contributed by atoms with Gasteiger partial charge in [-0.25, -0.2) is 9.55 Å². The zero-order valence-corrected chi connectivity index (χ0v) is 26.5. The van der Waals surface area contributed by atoms with Crippen molar-refractivity contribution in [2.45, 2.75) is 57.0 Å². The predicted molar refractivity (Wildman–Crippen MR) is 159 cm³/mol. The quantitative estimate of drug-likeness (QED) is 0.184. The van der Waals surface area contributed by atoms with Crippen LogP contribution >= 0.6 is 44.8 Å². The molecule has 0 saturated carbocycles.